The summed E-state index contributed by atoms with van der Waals surface area (Å²) in [5.41, 5.74) is -0.174. The minimum absolute atomic E-state index is 0.0433. The Labute approximate surface area is 118 Å². The van der Waals surface area contributed by atoms with Gasteiger partial charge in [0.05, 0.1) is 23.5 Å². The molecule has 0 amide bonds. The first-order valence-electron chi connectivity index (χ1n) is 5.92. The zero-order valence-electron chi connectivity index (χ0n) is 10.7. The molecule has 0 aromatic heterocycles. The molecule has 0 saturated heterocycles. The second kappa shape index (κ2) is 5.92. The Balaban J connectivity index is 2.30. The molecular formula is C14H11F3N2O2. The Bertz CT molecular complexity index is 670. The molecule has 2 aromatic rings. The minimum Gasteiger partial charge on any atom is -0.508 e. The van der Waals surface area contributed by atoms with Gasteiger partial charge in [-0.25, -0.2) is 0 Å². The molecule has 0 atom stereocenters. The van der Waals surface area contributed by atoms with Crippen molar-refractivity contribution in [1.29, 1.82) is 0 Å². The van der Waals surface area contributed by atoms with Gasteiger partial charge in [-0.05, 0) is 36.4 Å². The van der Waals surface area contributed by atoms with E-state index < -0.39 is 11.7 Å². The van der Waals surface area contributed by atoms with Crippen molar-refractivity contribution in [3.63, 3.8) is 0 Å². The highest BCUT2D eigenvalue weighted by Crippen LogP contribution is 2.32. The molecule has 0 spiro atoms. The molecule has 0 radical (unpaired) electrons. The maximum Gasteiger partial charge on any atom is 0.416 e. The Hall–Kier alpha value is -2.41. The van der Waals surface area contributed by atoms with E-state index in [0.29, 0.717) is 5.56 Å². The highest BCUT2D eigenvalue weighted by molar-refractivity contribution is 5.49. The predicted molar refractivity (Wildman–Crippen MR) is 69.6 cm³/mol. The lowest BCUT2D eigenvalue weighted by molar-refractivity contribution is -0.137. The van der Waals surface area contributed by atoms with Gasteiger partial charge in [-0.2, -0.15) is 23.4 Å². The Morgan fingerprint density at radius 3 is 2.43 bits per heavy atom. The van der Waals surface area contributed by atoms with E-state index in [2.05, 4.69) is 10.2 Å². The summed E-state index contributed by atoms with van der Waals surface area (Å²) in [4.78, 5) is 0. The smallest absolute Gasteiger partial charge is 0.416 e. The summed E-state index contributed by atoms with van der Waals surface area (Å²) < 4.78 is 37.7. The van der Waals surface area contributed by atoms with Crippen molar-refractivity contribution in [2.24, 2.45) is 10.2 Å². The first-order valence-corrected chi connectivity index (χ1v) is 5.92. The number of phenols is 1. The number of benzene rings is 2. The number of hydrogen-bond donors (Lipinski definition) is 2. The molecule has 0 bridgehead atoms. The van der Waals surface area contributed by atoms with E-state index in [0.717, 1.165) is 12.1 Å². The van der Waals surface area contributed by atoms with E-state index in [1.165, 1.54) is 30.3 Å². The first kappa shape index (κ1) is 15.0. The number of aliphatic hydroxyl groups is 1. The van der Waals surface area contributed by atoms with Gasteiger partial charge in [-0.3, -0.25) is 0 Å². The fraction of sp³-hybridized carbons (Fsp3) is 0.143. The van der Waals surface area contributed by atoms with Gasteiger partial charge in [0.1, 0.15) is 5.75 Å². The maximum atomic E-state index is 12.6. The second-order valence-corrected chi connectivity index (χ2v) is 4.22. The molecule has 0 heterocycles. The number of halogens is 3. The lowest BCUT2D eigenvalue weighted by Crippen LogP contribution is -2.03. The van der Waals surface area contributed by atoms with Gasteiger partial charge in [0, 0.05) is 5.56 Å². The molecule has 2 rings (SSSR count). The Morgan fingerprint density at radius 1 is 1.00 bits per heavy atom. The molecule has 2 aromatic carbocycles. The van der Waals surface area contributed by atoms with E-state index in [1.54, 1.807) is 0 Å². The third-order valence-corrected chi connectivity index (χ3v) is 2.68. The molecule has 0 saturated carbocycles. The van der Waals surface area contributed by atoms with Crippen molar-refractivity contribution in [3.05, 3.63) is 53.6 Å². The number of aliphatic hydroxyl groups excluding tert-OH is 1. The zero-order valence-corrected chi connectivity index (χ0v) is 10.7. The number of azo groups is 1. The summed E-state index contributed by atoms with van der Waals surface area (Å²) in [6, 6.07) is 8.51. The lowest BCUT2D eigenvalue weighted by atomic mass is 10.2. The molecule has 0 unspecified atom stereocenters. The van der Waals surface area contributed by atoms with Crippen molar-refractivity contribution < 1.29 is 23.4 Å². The second-order valence-electron chi connectivity index (χ2n) is 4.22. The van der Waals surface area contributed by atoms with Crippen LogP contribution >= 0.6 is 0 Å². The number of rotatable bonds is 3. The number of phenolic OH excluding ortho intramolecular Hbond substituents is 1. The van der Waals surface area contributed by atoms with Gasteiger partial charge >= 0.3 is 6.18 Å². The first-order chi connectivity index (χ1) is 9.90. The molecule has 2 N–H and O–H groups in total. The van der Waals surface area contributed by atoms with Crippen LogP contribution in [0.4, 0.5) is 24.5 Å². The molecule has 0 fully saturated rings. The summed E-state index contributed by atoms with van der Waals surface area (Å²) in [7, 11) is 0. The number of nitrogens with zero attached hydrogens (tertiary/aromatic N) is 2. The highest BCUT2D eigenvalue weighted by atomic mass is 19.4. The SMILES string of the molecule is OCc1cc(O)ccc1/N=N/c1cccc(C(F)(F)F)c1. The quantitative estimate of drug-likeness (QED) is 0.828. The van der Waals surface area contributed by atoms with Crippen LogP contribution in [0.2, 0.25) is 0 Å². The summed E-state index contributed by atoms with van der Waals surface area (Å²) in [6.45, 7) is -0.370. The summed E-state index contributed by atoms with van der Waals surface area (Å²) in [5, 5.41) is 25.9. The van der Waals surface area contributed by atoms with Gasteiger partial charge in [0.25, 0.3) is 0 Å². The van der Waals surface area contributed by atoms with E-state index in [1.807, 2.05) is 0 Å². The summed E-state index contributed by atoms with van der Waals surface area (Å²) in [6.07, 6.45) is -4.44. The van der Waals surface area contributed by atoms with E-state index >= 15 is 0 Å². The number of alkyl halides is 3. The summed E-state index contributed by atoms with van der Waals surface area (Å²) in [5.74, 6) is -0.0444. The molecule has 110 valence electrons. The van der Waals surface area contributed by atoms with Crippen LogP contribution in [0.5, 0.6) is 5.75 Å². The van der Waals surface area contributed by atoms with Crippen LogP contribution < -0.4 is 0 Å². The largest absolute Gasteiger partial charge is 0.508 e. The van der Waals surface area contributed by atoms with E-state index in [4.69, 9.17) is 5.11 Å². The molecule has 4 nitrogen and oxygen atoms in total. The van der Waals surface area contributed by atoms with Crippen molar-refractivity contribution in [2.45, 2.75) is 12.8 Å². The van der Waals surface area contributed by atoms with Crippen molar-refractivity contribution in [1.82, 2.24) is 0 Å². The van der Waals surface area contributed by atoms with Crippen LogP contribution in [0.15, 0.2) is 52.7 Å². The third-order valence-electron chi connectivity index (χ3n) is 2.68. The van der Waals surface area contributed by atoms with Crippen LogP contribution in [0.25, 0.3) is 0 Å². The average molecular weight is 296 g/mol. The number of hydrogen-bond acceptors (Lipinski definition) is 4. The highest BCUT2D eigenvalue weighted by Gasteiger charge is 2.30. The van der Waals surface area contributed by atoms with E-state index in [-0.39, 0.29) is 23.7 Å². The molecule has 0 aliphatic carbocycles. The van der Waals surface area contributed by atoms with Crippen LogP contribution in [0, 0.1) is 0 Å². The average Bonchev–Trinajstić information content (AvgIpc) is 2.45. The fourth-order valence-electron chi connectivity index (χ4n) is 1.65. The van der Waals surface area contributed by atoms with Crippen LogP contribution in [-0.4, -0.2) is 10.2 Å². The van der Waals surface area contributed by atoms with Gasteiger partial charge < -0.3 is 10.2 Å². The standard InChI is InChI=1S/C14H11F3N2O2/c15-14(16,17)10-2-1-3-11(7-10)18-19-13-5-4-12(21)6-9(13)8-20/h1-7,20-21H,8H2/b19-18+. The van der Waals surface area contributed by atoms with E-state index in [9.17, 15) is 18.3 Å². The maximum absolute atomic E-state index is 12.6. The summed E-state index contributed by atoms with van der Waals surface area (Å²) >= 11 is 0. The Morgan fingerprint density at radius 2 is 1.76 bits per heavy atom. The van der Waals surface area contributed by atoms with Gasteiger partial charge in [0.15, 0.2) is 0 Å². The van der Waals surface area contributed by atoms with Crippen molar-refractivity contribution in [3.8, 4) is 5.75 Å². The molecule has 0 aliphatic heterocycles. The van der Waals surface area contributed by atoms with Crippen LogP contribution in [0.3, 0.4) is 0 Å². The Kier molecular flexibility index (Phi) is 4.23. The van der Waals surface area contributed by atoms with Crippen LogP contribution in [-0.2, 0) is 12.8 Å². The van der Waals surface area contributed by atoms with Crippen LogP contribution in [0.1, 0.15) is 11.1 Å². The number of aromatic hydroxyl groups is 1. The third kappa shape index (κ3) is 3.79. The monoisotopic (exact) mass is 296 g/mol. The predicted octanol–water partition coefficient (Wildman–Crippen LogP) is 4.32. The molecule has 21 heavy (non-hydrogen) atoms. The van der Waals surface area contributed by atoms with Crippen molar-refractivity contribution >= 4 is 11.4 Å². The molecular weight excluding hydrogens is 285 g/mol. The lowest BCUT2D eigenvalue weighted by Gasteiger charge is -2.06. The minimum atomic E-state index is -4.44. The molecule has 0 aliphatic rings. The topological polar surface area (TPSA) is 65.2 Å². The fourth-order valence-corrected chi connectivity index (χ4v) is 1.65. The van der Waals surface area contributed by atoms with Gasteiger partial charge in [0.2, 0.25) is 0 Å². The zero-order chi connectivity index (χ0) is 15.5. The van der Waals surface area contributed by atoms with Gasteiger partial charge in [-0.1, -0.05) is 6.07 Å². The van der Waals surface area contributed by atoms with Crippen molar-refractivity contribution in [2.75, 3.05) is 0 Å². The normalized spacial score (nSPS) is 12.0. The van der Waals surface area contributed by atoms with Gasteiger partial charge in [-0.15, -0.1) is 0 Å². The molecule has 7 heteroatoms.